The molecular weight excluding hydrogens is 332 g/mol. The van der Waals surface area contributed by atoms with Gasteiger partial charge in [0.2, 0.25) is 0 Å². The average Bonchev–Trinajstić information content (AvgIpc) is 3.23. The van der Waals surface area contributed by atoms with Crippen LogP contribution in [0.4, 0.5) is 0 Å². The summed E-state index contributed by atoms with van der Waals surface area (Å²) in [5, 5.41) is 4.71. The average molecular weight is 348 g/mol. The normalized spacial score (nSPS) is 11.9. The molecule has 6 aromatic rings. The Balaban J connectivity index is 1.75. The molecular formula is C24H16N2O. The smallest absolute Gasteiger partial charge is 0.153 e. The molecule has 3 aromatic carbocycles. The number of hydrogen-bond acceptors (Lipinski definition) is 2. The van der Waals surface area contributed by atoms with E-state index in [9.17, 15) is 0 Å². The summed E-state index contributed by atoms with van der Waals surface area (Å²) in [6.45, 7) is 2.13. The monoisotopic (exact) mass is 348 g/mol. The van der Waals surface area contributed by atoms with Gasteiger partial charge in [-0.25, -0.2) is 4.98 Å². The summed E-state index contributed by atoms with van der Waals surface area (Å²) in [6.07, 6.45) is 1.83. The molecule has 0 atom stereocenters. The minimum Gasteiger partial charge on any atom is -0.454 e. The molecule has 3 heterocycles. The molecule has 0 N–H and O–H groups in total. The first-order chi connectivity index (χ1) is 13.3. The molecule has 0 amide bonds. The van der Waals surface area contributed by atoms with Crippen LogP contribution in [0.15, 0.2) is 83.4 Å². The van der Waals surface area contributed by atoms with Gasteiger partial charge in [0.15, 0.2) is 5.58 Å². The molecule has 0 spiro atoms. The Hall–Kier alpha value is -3.59. The number of fused-ring (bicyclic) bond motifs is 6. The topological polar surface area (TPSA) is 31.0 Å². The van der Waals surface area contributed by atoms with Crippen LogP contribution in [-0.2, 0) is 0 Å². The summed E-state index contributed by atoms with van der Waals surface area (Å²) in [6, 6.07) is 25.4. The number of aromatic nitrogens is 2. The van der Waals surface area contributed by atoms with Crippen molar-refractivity contribution >= 4 is 43.7 Å². The highest BCUT2D eigenvalue weighted by Gasteiger charge is 2.15. The fourth-order valence-corrected chi connectivity index (χ4v) is 4.08. The maximum atomic E-state index is 5.94. The summed E-state index contributed by atoms with van der Waals surface area (Å²) in [4.78, 5) is 4.74. The first-order valence-electron chi connectivity index (χ1n) is 9.07. The molecule has 0 aliphatic heterocycles. The van der Waals surface area contributed by atoms with Crippen LogP contribution in [-0.4, -0.2) is 9.55 Å². The van der Waals surface area contributed by atoms with Crippen LogP contribution in [0.3, 0.4) is 0 Å². The largest absolute Gasteiger partial charge is 0.454 e. The zero-order valence-electron chi connectivity index (χ0n) is 14.8. The maximum absolute atomic E-state index is 5.94. The van der Waals surface area contributed by atoms with E-state index >= 15 is 0 Å². The molecule has 0 bridgehead atoms. The van der Waals surface area contributed by atoms with E-state index in [2.05, 4.69) is 66.1 Å². The van der Waals surface area contributed by atoms with Crippen molar-refractivity contribution in [1.29, 1.82) is 0 Å². The van der Waals surface area contributed by atoms with Gasteiger partial charge in [-0.2, -0.15) is 0 Å². The summed E-state index contributed by atoms with van der Waals surface area (Å²) in [7, 11) is 0. The van der Waals surface area contributed by atoms with Gasteiger partial charge in [0.05, 0.1) is 17.2 Å². The molecule has 3 aromatic heterocycles. The van der Waals surface area contributed by atoms with Crippen LogP contribution < -0.4 is 0 Å². The van der Waals surface area contributed by atoms with Gasteiger partial charge in [0.1, 0.15) is 11.4 Å². The molecule has 0 aliphatic rings. The number of rotatable bonds is 1. The minimum absolute atomic E-state index is 0.816. The van der Waals surface area contributed by atoms with E-state index in [-0.39, 0.29) is 0 Å². The fraction of sp³-hybridized carbons (Fsp3) is 0.0417. The molecule has 0 aliphatic carbocycles. The first-order valence-corrected chi connectivity index (χ1v) is 9.07. The highest BCUT2D eigenvalue weighted by molar-refractivity contribution is 6.10. The van der Waals surface area contributed by atoms with Gasteiger partial charge in [-0.3, -0.25) is 4.57 Å². The third kappa shape index (κ3) is 1.99. The summed E-state index contributed by atoms with van der Waals surface area (Å²) in [5.41, 5.74) is 5.30. The SMILES string of the molecule is Cc1ccc2c(c1)c1ccccc1n2-c1cc2c(cn1)oc1ccccc12. The molecule has 3 nitrogen and oxygen atoms in total. The van der Waals surface area contributed by atoms with E-state index in [0.717, 1.165) is 33.3 Å². The van der Waals surface area contributed by atoms with Gasteiger partial charge in [-0.05, 0) is 37.3 Å². The predicted octanol–water partition coefficient (Wildman–Crippen LogP) is 6.39. The number of pyridine rings is 1. The highest BCUT2D eigenvalue weighted by atomic mass is 16.3. The van der Waals surface area contributed by atoms with Crippen molar-refractivity contribution < 1.29 is 4.42 Å². The van der Waals surface area contributed by atoms with Gasteiger partial charge < -0.3 is 4.42 Å². The third-order valence-corrected chi connectivity index (χ3v) is 5.31. The second-order valence-electron chi connectivity index (χ2n) is 7.01. The molecule has 0 fully saturated rings. The minimum atomic E-state index is 0.816. The predicted molar refractivity (Wildman–Crippen MR) is 111 cm³/mol. The molecule has 6 rings (SSSR count). The van der Waals surface area contributed by atoms with Crippen molar-refractivity contribution in [3.05, 3.63) is 84.6 Å². The van der Waals surface area contributed by atoms with Crippen molar-refractivity contribution in [2.45, 2.75) is 6.92 Å². The number of para-hydroxylation sites is 2. The van der Waals surface area contributed by atoms with E-state index in [1.165, 1.54) is 21.9 Å². The summed E-state index contributed by atoms with van der Waals surface area (Å²) < 4.78 is 8.19. The summed E-state index contributed by atoms with van der Waals surface area (Å²) in [5.74, 6) is 0.907. The Morgan fingerprint density at radius 2 is 1.48 bits per heavy atom. The van der Waals surface area contributed by atoms with Crippen molar-refractivity contribution in [2.24, 2.45) is 0 Å². The molecule has 0 saturated heterocycles. The Bertz CT molecular complexity index is 1490. The maximum Gasteiger partial charge on any atom is 0.153 e. The second kappa shape index (κ2) is 5.21. The first kappa shape index (κ1) is 14.6. The number of benzene rings is 3. The standard InChI is InChI=1S/C24H16N2O/c1-15-10-11-21-18(12-15)16-6-2-4-8-20(16)26(21)24-13-19-17-7-3-5-9-22(17)27-23(19)14-25-24/h2-14H,1H3. The molecule has 3 heteroatoms. The zero-order valence-corrected chi connectivity index (χ0v) is 14.8. The van der Waals surface area contributed by atoms with Crippen LogP contribution in [0.25, 0.3) is 49.6 Å². The highest BCUT2D eigenvalue weighted by Crippen LogP contribution is 2.34. The Morgan fingerprint density at radius 3 is 2.41 bits per heavy atom. The van der Waals surface area contributed by atoms with Gasteiger partial charge in [0, 0.05) is 21.5 Å². The zero-order chi connectivity index (χ0) is 18.0. The number of aryl methyl sites for hydroxylation is 1. The van der Waals surface area contributed by atoms with Gasteiger partial charge in [-0.15, -0.1) is 0 Å². The van der Waals surface area contributed by atoms with Crippen LogP contribution >= 0.6 is 0 Å². The van der Waals surface area contributed by atoms with Crippen LogP contribution in [0.1, 0.15) is 5.56 Å². The lowest BCUT2D eigenvalue weighted by molar-refractivity contribution is 0.666. The lowest BCUT2D eigenvalue weighted by atomic mass is 10.1. The van der Waals surface area contributed by atoms with Crippen LogP contribution in [0.2, 0.25) is 0 Å². The quantitative estimate of drug-likeness (QED) is 0.345. The van der Waals surface area contributed by atoms with Gasteiger partial charge >= 0.3 is 0 Å². The molecule has 0 radical (unpaired) electrons. The molecule has 128 valence electrons. The lowest BCUT2D eigenvalue weighted by Crippen LogP contribution is -1.96. The van der Waals surface area contributed by atoms with E-state index < -0.39 is 0 Å². The van der Waals surface area contributed by atoms with E-state index in [1.54, 1.807) is 0 Å². The van der Waals surface area contributed by atoms with E-state index in [4.69, 9.17) is 9.40 Å². The van der Waals surface area contributed by atoms with Crippen molar-refractivity contribution in [1.82, 2.24) is 9.55 Å². The van der Waals surface area contributed by atoms with Crippen molar-refractivity contribution in [2.75, 3.05) is 0 Å². The van der Waals surface area contributed by atoms with E-state index in [0.29, 0.717) is 0 Å². The number of nitrogens with zero attached hydrogens (tertiary/aromatic N) is 2. The van der Waals surface area contributed by atoms with Crippen LogP contribution in [0.5, 0.6) is 0 Å². The van der Waals surface area contributed by atoms with E-state index in [1.807, 2.05) is 24.4 Å². The Kier molecular flexibility index (Phi) is 2.81. The Morgan fingerprint density at radius 1 is 0.704 bits per heavy atom. The lowest BCUT2D eigenvalue weighted by Gasteiger charge is -2.06. The van der Waals surface area contributed by atoms with Crippen molar-refractivity contribution in [3.63, 3.8) is 0 Å². The van der Waals surface area contributed by atoms with Crippen LogP contribution in [0, 0.1) is 6.92 Å². The summed E-state index contributed by atoms with van der Waals surface area (Å²) >= 11 is 0. The molecule has 27 heavy (non-hydrogen) atoms. The second-order valence-corrected chi connectivity index (χ2v) is 7.01. The van der Waals surface area contributed by atoms with Crippen molar-refractivity contribution in [3.8, 4) is 5.82 Å². The fourth-order valence-electron chi connectivity index (χ4n) is 4.08. The number of hydrogen-bond donors (Lipinski definition) is 0. The Labute approximate surface area is 155 Å². The third-order valence-electron chi connectivity index (χ3n) is 5.31. The number of furan rings is 1. The van der Waals surface area contributed by atoms with Gasteiger partial charge in [-0.1, -0.05) is 48.0 Å². The molecule has 0 saturated carbocycles. The molecule has 0 unspecified atom stereocenters. The van der Waals surface area contributed by atoms with Gasteiger partial charge in [0.25, 0.3) is 0 Å².